The summed E-state index contributed by atoms with van der Waals surface area (Å²) in [5.41, 5.74) is 0.567. The number of rotatable bonds is 2. The molecule has 0 aromatic rings. The number of nitrogens with one attached hydrogen (secondary N) is 1. The van der Waals surface area contributed by atoms with Crippen molar-refractivity contribution in [1.82, 2.24) is 5.32 Å². The molecule has 4 heteroatoms. The molecule has 2 aliphatic rings. The van der Waals surface area contributed by atoms with Crippen molar-refractivity contribution < 1.29 is 9.53 Å². The maximum atomic E-state index is 12.3. The van der Waals surface area contributed by atoms with Gasteiger partial charge in [-0.25, -0.2) is 0 Å². The average molecular weight is 276 g/mol. The summed E-state index contributed by atoms with van der Waals surface area (Å²) in [7, 11) is 0. The third-order valence-electron chi connectivity index (χ3n) is 4.60. The third-order valence-corrected chi connectivity index (χ3v) is 4.60. The van der Waals surface area contributed by atoms with Gasteiger partial charge in [0, 0.05) is 32.1 Å². The largest absolute Gasteiger partial charge is 0.381 e. The minimum atomic E-state index is -0.745. The first-order chi connectivity index (χ1) is 9.47. The first-order valence-electron chi connectivity index (χ1n) is 7.50. The fourth-order valence-electron chi connectivity index (χ4n) is 3.06. The number of hydrogen-bond donors (Lipinski definition) is 1. The summed E-state index contributed by atoms with van der Waals surface area (Å²) in [6.07, 6.45) is 7.37. The highest BCUT2D eigenvalue weighted by molar-refractivity contribution is 5.89. The Bertz CT molecular complexity index is 440. The van der Waals surface area contributed by atoms with Gasteiger partial charge in [-0.15, -0.1) is 0 Å². The van der Waals surface area contributed by atoms with E-state index in [0.29, 0.717) is 26.1 Å². The maximum absolute atomic E-state index is 12.3. The van der Waals surface area contributed by atoms with Crippen LogP contribution in [-0.2, 0) is 9.53 Å². The lowest BCUT2D eigenvalue weighted by atomic mass is 9.73. The van der Waals surface area contributed by atoms with Crippen LogP contribution in [0.4, 0.5) is 0 Å². The minimum Gasteiger partial charge on any atom is -0.381 e. The fourth-order valence-corrected chi connectivity index (χ4v) is 3.06. The molecule has 2 rings (SSSR count). The zero-order chi connectivity index (χ0) is 14.6. The van der Waals surface area contributed by atoms with Gasteiger partial charge in [0.1, 0.15) is 5.54 Å². The van der Waals surface area contributed by atoms with Gasteiger partial charge in [-0.3, -0.25) is 4.79 Å². The summed E-state index contributed by atoms with van der Waals surface area (Å²) in [5, 5.41) is 12.3. The van der Waals surface area contributed by atoms with Gasteiger partial charge >= 0.3 is 0 Å². The van der Waals surface area contributed by atoms with Gasteiger partial charge in [-0.05, 0) is 24.7 Å². The summed E-state index contributed by atoms with van der Waals surface area (Å²) < 4.78 is 5.27. The van der Waals surface area contributed by atoms with Crippen LogP contribution in [0.5, 0.6) is 0 Å². The predicted molar refractivity (Wildman–Crippen MR) is 76.9 cm³/mol. The first-order valence-corrected chi connectivity index (χ1v) is 7.50. The second-order valence-corrected chi connectivity index (χ2v) is 6.56. The van der Waals surface area contributed by atoms with E-state index in [2.05, 4.69) is 25.2 Å². The molecule has 0 aromatic heterocycles. The molecule has 110 valence electrons. The Balaban J connectivity index is 2.06. The number of nitriles is 1. The summed E-state index contributed by atoms with van der Waals surface area (Å²) in [6, 6.07) is 2.27. The van der Waals surface area contributed by atoms with Gasteiger partial charge in [0.2, 0.25) is 5.91 Å². The molecule has 1 saturated carbocycles. The van der Waals surface area contributed by atoms with E-state index in [0.717, 1.165) is 19.3 Å². The van der Waals surface area contributed by atoms with Gasteiger partial charge in [-0.1, -0.05) is 25.8 Å². The number of amides is 1. The Morgan fingerprint density at radius 3 is 2.60 bits per heavy atom. The Kier molecular flexibility index (Phi) is 4.49. The van der Waals surface area contributed by atoms with Crippen molar-refractivity contribution in [2.75, 3.05) is 13.2 Å². The SMILES string of the molecule is CC1(C)CCCCC1=CC(=O)NC1(C#N)CCOCC1. The molecule has 0 radical (unpaired) electrons. The number of carbonyl (C=O) groups is 1. The van der Waals surface area contributed by atoms with Gasteiger partial charge in [0.05, 0.1) is 6.07 Å². The van der Waals surface area contributed by atoms with Crippen LogP contribution in [0, 0.1) is 16.7 Å². The molecule has 1 aliphatic carbocycles. The van der Waals surface area contributed by atoms with E-state index in [9.17, 15) is 10.1 Å². The Labute approximate surface area is 121 Å². The van der Waals surface area contributed by atoms with Crippen molar-refractivity contribution in [3.63, 3.8) is 0 Å². The van der Waals surface area contributed by atoms with Crippen LogP contribution < -0.4 is 5.32 Å². The standard InChI is InChI=1S/C16H24N2O2/c1-15(2)6-4-3-5-13(15)11-14(19)18-16(12-17)7-9-20-10-8-16/h11H,3-10H2,1-2H3,(H,18,19). The van der Waals surface area contributed by atoms with Crippen LogP contribution in [0.15, 0.2) is 11.6 Å². The Morgan fingerprint density at radius 2 is 2.00 bits per heavy atom. The van der Waals surface area contributed by atoms with Crippen molar-refractivity contribution in [2.24, 2.45) is 5.41 Å². The molecule has 20 heavy (non-hydrogen) atoms. The summed E-state index contributed by atoms with van der Waals surface area (Å²) >= 11 is 0. The molecule has 1 amide bonds. The van der Waals surface area contributed by atoms with Gasteiger partial charge in [0.15, 0.2) is 0 Å². The van der Waals surface area contributed by atoms with E-state index in [4.69, 9.17) is 4.74 Å². The highest BCUT2D eigenvalue weighted by Crippen LogP contribution is 2.39. The lowest BCUT2D eigenvalue weighted by molar-refractivity contribution is -0.118. The van der Waals surface area contributed by atoms with Crippen LogP contribution in [0.1, 0.15) is 52.4 Å². The lowest BCUT2D eigenvalue weighted by Gasteiger charge is -2.34. The molecule has 1 N–H and O–H groups in total. The predicted octanol–water partition coefficient (Wildman–Crippen LogP) is 2.70. The van der Waals surface area contributed by atoms with Crippen molar-refractivity contribution in [1.29, 1.82) is 5.26 Å². The molecular weight excluding hydrogens is 252 g/mol. The van der Waals surface area contributed by atoms with E-state index in [1.165, 1.54) is 12.0 Å². The maximum Gasteiger partial charge on any atom is 0.245 e. The van der Waals surface area contributed by atoms with E-state index in [1.54, 1.807) is 6.08 Å². The molecule has 0 bridgehead atoms. The topological polar surface area (TPSA) is 62.1 Å². The van der Waals surface area contributed by atoms with Gasteiger partial charge in [0.25, 0.3) is 0 Å². The Hall–Kier alpha value is -1.34. The monoisotopic (exact) mass is 276 g/mol. The highest BCUT2D eigenvalue weighted by atomic mass is 16.5. The second-order valence-electron chi connectivity index (χ2n) is 6.56. The van der Waals surface area contributed by atoms with Crippen LogP contribution in [0.2, 0.25) is 0 Å². The van der Waals surface area contributed by atoms with Crippen LogP contribution in [0.3, 0.4) is 0 Å². The summed E-state index contributed by atoms with van der Waals surface area (Å²) in [5.74, 6) is -0.126. The van der Waals surface area contributed by atoms with E-state index in [1.807, 2.05) is 0 Å². The molecule has 1 saturated heterocycles. The molecule has 0 aromatic carbocycles. The molecule has 0 spiro atoms. The molecule has 0 unspecified atom stereocenters. The molecule has 4 nitrogen and oxygen atoms in total. The summed E-state index contributed by atoms with van der Waals surface area (Å²) in [4.78, 5) is 12.3. The van der Waals surface area contributed by atoms with Crippen molar-refractivity contribution in [2.45, 2.75) is 57.9 Å². The number of allylic oxidation sites excluding steroid dienone is 1. The second kappa shape index (κ2) is 5.97. The summed E-state index contributed by atoms with van der Waals surface area (Å²) in [6.45, 7) is 5.46. The van der Waals surface area contributed by atoms with E-state index >= 15 is 0 Å². The van der Waals surface area contributed by atoms with Crippen molar-refractivity contribution >= 4 is 5.91 Å². The van der Waals surface area contributed by atoms with Crippen LogP contribution in [-0.4, -0.2) is 24.7 Å². The normalized spacial score (nSPS) is 26.8. The van der Waals surface area contributed by atoms with Crippen LogP contribution >= 0.6 is 0 Å². The fraction of sp³-hybridized carbons (Fsp3) is 0.750. The zero-order valence-electron chi connectivity index (χ0n) is 12.5. The number of ether oxygens (including phenoxy) is 1. The van der Waals surface area contributed by atoms with Crippen molar-refractivity contribution in [3.05, 3.63) is 11.6 Å². The third kappa shape index (κ3) is 3.40. The molecule has 0 atom stereocenters. The van der Waals surface area contributed by atoms with Crippen molar-refractivity contribution in [3.8, 4) is 6.07 Å². The molecule has 2 fully saturated rings. The zero-order valence-corrected chi connectivity index (χ0v) is 12.5. The quantitative estimate of drug-likeness (QED) is 0.789. The molecular formula is C16H24N2O2. The van der Waals surface area contributed by atoms with E-state index < -0.39 is 5.54 Å². The number of nitrogens with zero attached hydrogens (tertiary/aromatic N) is 1. The molecule has 1 heterocycles. The van der Waals surface area contributed by atoms with Gasteiger partial charge in [-0.2, -0.15) is 5.26 Å². The van der Waals surface area contributed by atoms with E-state index in [-0.39, 0.29) is 11.3 Å². The van der Waals surface area contributed by atoms with Gasteiger partial charge < -0.3 is 10.1 Å². The highest BCUT2D eigenvalue weighted by Gasteiger charge is 2.34. The smallest absolute Gasteiger partial charge is 0.245 e. The minimum absolute atomic E-state index is 0.102. The average Bonchev–Trinajstić information content (AvgIpc) is 2.42. The van der Waals surface area contributed by atoms with Crippen LogP contribution in [0.25, 0.3) is 0 Å². The first kappa shape index (κ1) is 15.1. The number of carbonyl (C=O) groups excluding carboxylic acids is 1. The lowest BCUT2D eigenvalue weighted by Crippen LogP contribution is -2.50. The Morgan fingerprint density at radius 1 is 1.30 bits per heavy atom. The molecule has 1 aliphatic heterocycles. The number of hydrogen-bond acceptors (Lipinski definition) is 3.